The summed E-state index contributed by atoms with van der Waals surface area (Å²) in [5.74, 6) is -2.99. The number of carbonyl (C=O) groups is 6. The Kier molecular flexibility index (Phi) is 27.4. The van der Waals surface area contributed by atoms with Crippen molar-refractivity contribution in [2.75, 3.05) is 100 Å². The van der Waals surface area contributed by atoms with Gasteiger partial charge in [-0.25, -0.2) is 5.48 Å². The SMILES string of the molecule is NCCOC(=O)CCSCC(=O)OCC(CO)(COC(=O)CSCCC(=O)OCCN)COC(=O)CSCCC(=O)OCCNO. The van der Waals surface area contributed by atoms with Crippen molar-refractivity contribution in [3.8, 4) is 0 Å². The first-order valence-corrected chi connectivity index (χ1v) is 17.6. The second-order valence-corrected chi connectivity index (χ2v) is 12.5. The van der Waals surface area contributed by atoms with Gasteiger partial charge in [0, 0.05) is 30.3 Å². The zero-order chi connectivity index (χ0) is 34.5. The maximum absolute atomic E-state index is 12.3. The molecule has 0 aromatic heterocycles. The number of hydrogen-bond donors (Lipinski definition) is 5. The molecule has 0 aliphatic rings. The molecule has 0 saturated carbocycles. The number of ether oxygens (including phenoxy) is 6. The number of carbonyl (C=O) groups excluding carboxylic acids is 6. The summed E-state index contributed by atoms with van der Waals surface area (Å²) in [7, 11) is 0. The van der Waals surface area contributed by atoms with E-state index in [2.05, 4.69) is 0 Å². The van der Waals surface area contributed by atoms with Gasteiger partial charge in [0.05, 0.1) is 55.1 Å². The number of nitrogens with one attached hydrogen (secondary N) is 1. The van der Waals surface area contributed by atoms with Gasteiger partial charge in [0.1, 0.15) is 39.6 Å². The zero-order valence-electron chi connectivity index (χ0n) is 25.6. The van der Waals surface area contributed by atoms with Crippen molar-refractivity contribution in [2.45, 2.75) is 19.3 Å². The Morgan fingerprint density at radius 1 is 0.565 bits per heavy atom. The van der Waals surface area contributed by atoms with E-state index in [0.29, 0.717) is 0 Å². The molecule has 0 aliphatic carbocycles. The smallest absolute Gasteiger partial charge is 0.315 e. The molecule has 0 aliphatic heterocycles. The van der Waals surface area contributed by atoms with E-state index < -0.39 is 67.7 Å². The summed E-state index contributed by atoms with van der Waals surface area (Å²) in [6.45, 7) is -1.37. The highest BCUT2D eigenvalue weighted by Gasteiger charge is 2.35. The lowest BCUT2D eigenvalue weighted by Gasteiger charge is -2.30. The number of rotatable bonds is 29. The second kappa shape index (κ2) is 28.9. The Labute approximate surface area is 280 Å². The van der Waals surface area contributed by atoms with Crippen molar-refractivity contribution in [3.63, 3.8) is 0 Å². The molecule has 0 saturated heterocycles. The molecule has 20 heteroatoms. The number of esters is 6. The monoisotopic (exact) mass is 719 g/mol. The van der Waals surface area contributed by atoms with Gasteiger partial charge in [-0.05, 0) is 0 Å². The molecule has 0 spiro atoms. The molecule has 0 bridgehead atoms. The van der Waals surface area contributed by atoms with E-state index in [0.717, 1.165) is 35.3 Å². The van der Waals surface area contributed by atoms with E-state index in [-0.39, 0.29) is 93.2 Å². The number of nitrogens with two attached hydrogens (primary N) is 2. The first-order chi connectivity index (χ1) is 22.1. The van der Waals surface area contributed by atoms with E-state index >= 15 is 0 Å². The van der Waals surface area contributed by atoms with Crippen LogP contribution in [-0.4, -0.2) is 147 Å². The molecule has 7 N–H and O–H groups in total. The molecule has 0 unspecified atom stereocenters. The average Bonchev–Trinajstić information content (AvgIpc) is 3.05. The molecule has 0 aromatic carbocycles. The largest absolute Gasteiger partial charge is 0.464 e. The molecular weight excluding hydrogens is 674 g/mol. The number of hydrogen-bond acceptors (Lipinski definition) is 20. The Bertz CT molecular complexity index is 872. The van der Waals surface area contributed by atoms with Crippen molar-refractivity contribution in [1.82, 2.24) is 5.48 Å². The van der Waals surface area contributed by atoms with E-state index in [1.807, 2.05) is 5.48 Å². The summed E-state index contributed by atoms with van der Waals surface area (Å²) in [5.41, 5.74) is 10.9. The fraction of sp³-hybridized carbons (Fsp3) is 0.769. The predicted molar refractivity (Wildman–Crippen MR) is 169 cm³/mol. The lowest BCUT2D eigenvalue weighted by molar-refractivity contribution is -0.162. The molecule has 0 aromatic rings. The minimum absolute atomic E-state index is 0.00838. The molecule has 0 radical (unpaired) electrons. The number of hydroxylamine groups is 1. The second-order valence-electron chi connectivity index (χ2n) is 9.19. The van der Waals surface area contributed by atoms with Crippen LogP contribution in [0.4, 0.5) is 0 Å². The Balaban J connectivity index is 4.90. The predicted octanol–water partition coefficient (Wildman–Crippen LogP) is -1.51. The molecule has 0 heterocycles. The molecule has 0 rings (SSSR count). The van der Waals surface area contributed by atoms with Crippen LogP contribution in [0, 0.1) is 5.41 Å². The van der Waals surface area contributed by atoms with Crippen molar-refractivity contribution >= 4 is 71.1 Å². The van der Waals surface area contributed by atoms with Crippen LogP contribution in [0.15, 0.2) is 0 Å². The summed E-state index contributed by atoms with van der Waals surface area (Å²) in [6.07, 6.45) is 0.158. The summed E-state index contributed by atoms with van der Waals surface area (Å²) < 4.78 is 30.4. The van der Waals surface area contributed by atoms with Crippen LogP contribution in [0.5, 0.6) is 0 Å². The summed E-state index contributed by atoms with van der Waals surface area (Å²) in [5, 5.41) is 18.7. The highest BCUT2D eigenvalue weighted by molar-refractivity contribution is 8.00. The molecule has 266 valence electrons. The van der Waals surface area contributed by atoms with E-state index in [4.69, 9.17) is 45.1 Å². The van der Waals surface area contributed by atoms with Crippen LogP contribution in [-0.2, 0) is 57.2 Å². The highest BCUT2D eigenvalue weighted by Crippen LogP contribution is 2.21. The first kappa shape index (κ1) is 43.7. The standard InChI is InChI=1S/C26H45N3O14S3/c27-4-7-38-20(31)1-10-44-13-23(34)41-17-26(16-30,18-42-24(35)14-45-11-2-21(32)39-8-5-28)19-43-25(36)15-46-12-3-22(33)40-9-6-29-37/h29-30,37H,1-19,27-28H2. The maximum Gasteiger partial charge on any atom is 0.315 e. The van der Waals surface area contributed by atoms with E-state index in [1.165, 1.54) is 0 Å². The van der Waals surface area contributed by atoms with Gasteiger partial charge in [0.15, 0.2) is 0 Å². The lowest BCUT2D eigenvalue weighted by atomic mass is 9.92. The normalized spacial score (nSPS) is 11.0. The lowest BCUT2D eigenvalue weighted by Crippen LogP contribution is -2.43. The van der Waals surface area contributed by atoms with Gasteiger partial charge in [-0.3, -0.25) is 28.8 Å². The third kappa shape index (κ3) is 24.8. The molecular formula is C26H45N3O14S3. The van der Waals surface area contributed by atoms with Gasteiger partial charge >= 0.3 is 35.8 Å². The zero-order valence-corrected chi connectivity index (χ0v) is 28.1. The van der Waals surface area contributed by atoms with Crippen molar-refractivity contribution in [3.05, 3.63) is 0 Å². The van der Waals surface area contributed by atoms with Gasteiger partial charge < -0.3 is 50.2 Å². The van der Waals surface area contributed by atoms with Crippen LogP contribution >= 0.6 is 35.3 Å². The fourth-order valence-corrected chi connectivity index (χ4v) is 4.91. The number of aliphatic hydroxyl groups is 1. The van der Waals surface area contributed by atoms with Crippen molar-refractivity contribution < 1.29 is 67.5 Å². The quantitative estimate of drug-likeness (QED) is 0.0255. The van der Waals surface area contributed by atoms with Gasteiger partial charge in [0.2, 0.25) is 0 Å². The van der Waals surface area contributed by atoms with Gasteiger partial charge in [-0.15, -0.1) is 35.3 Å². The topological polar surface area (TPSA) is 262 Å². The van der Waals surface area contributed by atoms with E-state index in [1.54, 1.807) is 0 Å². The molecule has 46 heavy (non-hydrogen) atoms. The third-order valence-electron chi connectivity index (χ3n) is 5.20. The maximum atomic E-state index is 12.3. The average molecular weight is 720 g/mol. The van der Waals surface area contributed by atoms with Crippen LogP contribution < -0.4 is 16.9 Å². The molecule has 0 amide bonds. The van der Waals surface area contributed by atoms with Crippen molar-refractivity contribution in [1.29, 1.82) is 0 Å². The molecule has 0 fully saturated rings. The fourth-order valence-electron chi connectivity index (χ4n) is 2.79. The first-order valence-electron chi connectivity index (χ1n) is 14.2. The van der Waals surface area contributed by atoms with Gasteiger partial charge in [-0.1, -0.05) is 0 Å². The minimum Gasteiger partial charge on any atom is -0.464 e. The molecule has 17 nitrogen and oxygen atoms in total. The Hall–Kier alpha value is -2.33. The van der Waals surface area contributed by atoms with Crippen LogP contribution in [0.1, 0.15) is 19.3 Å². The minimum atomic E-state index is -1.48. The van der Waals surface area contributed by atoms with Gasteiger partial charge in [-0.2, -0.15) is 0 Å². The van der Waals surface area contributed by atoms with Crippen molar-refractivity contribution in [2.24, 2.45) is 16.9 Å². The summed E-state index contributed by atoms with van der Waals surface area (Å²) in [4.78, 5) is 71.7. The van der Waals surface area contributed by atoms with Gasteiger partial charge in [0.25, 0.3) is 0 Å². The Morgan fingerprint density at radius 2 is 0.913 bits per heavy atom. The summed E-state index contributed by atoms with van der Waals surface area (Å²) in [6, 6.07) is 0. The molecule has 0 atom stereocenters. The summed E-state index contributed by atoms with van der Waals surface area (Å²) >= 11 is 3.35. The third-order valence-corrected chi connectivity index (χ3v) is 8.00. The van der Waals surface area contributed by atoms with Crippen LogP contribution in [0.3, 0.4) is 0 Å². The number of thioether (sulfide) groups is 3. The van der Waals surface area contributed by atoms with Crippen LogP contribution in [0.25, 0.3) is 0 Å². The number of aliphatic hydroxyl groups excluding tert-OH is 1. The Morgan fingerprint density at radius 3 is 1.22 bits per heavy atom. The highest BCUT2D eigenvalue weighted by atomic mass is 32.2. The van der Waals surface area contributed by atoms with Crippen LogP contribution in [0.2, 0.25) is 0 Å². The van der Waals surface area contributed by atoms with E-state index in [9.17, 15) is 33.9 Å².